The Bertz CT molecular complexity index is 604. The zero-order valence-electron chi connectivity index (χ0n) is 9.46. The lowest BCUT2D eigenvalue weighted by Crippen LogP contribution is -2.36. The third-order valence-electron chi connectivity index (χ3n) is 2.41. The number of rotatable bonds is 2. The summed E-state index contributed by atoms with van der Waals surface area (Å²) < 4.78 is 37.6. The first kappa shape index (κ1) is 14.7. The van der Waals surface area contributed by atoms with Crippen LogP contribution in [0.15, 0.2) is 34.3 Å². The molecule has 1 N–H and O–H groups in total. The highest BCUT2D eigenvalue weighted by Gasteiger charge is 2.37. The lowest BCUT2D eigenvalue weighted by molar-refractivity contribution is -0.137. The second-order valence-corrected chi connectivity index (χ2v) is 4.52. The molecule has 0 atom stereocenters. The van der Waals surface area contributed by atoms with E-state index in [2.05, 4.69) is 5.43 Å². The molecule has 2 rings (SSSR count). The van der Waals surface area contributed by atoms with E-state index in [1.807, 2.05) is 0 Å². The maximum Gasteiger partial charge on any atom is 0.416 e. The number of nitrogens with one attached hydrogen (secondary N) is 1. The van der Waals surface area contributed by atoms with Crippen LogP contribution in [-0.4, -0.2) is 16.8 Å². The van der Waals surface area contributed by atoms with Crippen LogP contribution in [0, 0.1) is 0 Å². The molecular formula is C11H5Cl2F3N2O2. The summed E-state index contributed by atoms with van der Waals surface area (Å²) in [6.07, 6.45) is -4.54. The number of benzene rings is 1. The number of carbonyl (C=O) groups is 2. The van der Waals surface area contributed by atoms with Gasteiger partial charge in [0.15, 0.2) is 0 Å². The molecule has 0 aliphatic carbocycles. The highest BCUT2D eigenvalue weighted by molar-refractivity contribution is 6.58. The molecule has 106 valence electrons. The Kier molecular flexibility index (Phi) is 3.66. The van der Waals surface area contributed by atoms with Gasteiger partial charge < -0.3 is 0 Å². The topological polar surface area (TPSA) is 49.4 Å². The Morgan fingerprint density at radius 3 is 2.10 bits per heavy atom. The van der Waals surface area contributed by atoms with Crippen LogP contribution in [0.3, 0.4) is 0 Å². The quantitative estimate of drug-likeness (QED) is 0.850. The summed E-state index contributed by atoms with van der Waals surface area (Å²) in [7, 11) is 0. The zero-order valence-corrected chi connectivity index (χ0v) is 11.0. The van der Waals surface area contributed by atoms with Crippen molar-refractivity contribution < 1.29 is 22.8 Å². The molecule has 0 saturated heterocycles. The Labute approximate surface area is 120 Å². The summed E-state index contributed by atoms with van der Waals surface area (Å²) >= 11 is 11.0. The maximum atomic E-state index is 12.5. The first-order valence-corrected chi connectivity index (χ1v) is 5.85. The van der Waals surface area contributed by atoms with E-state index < -0.39 is 33.6 Å². The number of alkyl halides is 3. The molecule has 4 nitrogen and oxygen atoms in total. The van der Waals surface area contributed by atoms with Crippen LogP contribution in [0.4, 0.5) is 18.9 Å². The monoisotopic (exact) mass is 324 g/mol. The van der Waals surface area contributed by atoms with Crippen molar-refractivity contribution in [2.24, 2.45) is 0 Å². The molecule has 1 aliphatic heterocycles. The van der Waals surface area contributed by atoms with E-state index in [9.17, 15) is 22.8 Å². The van der Waals surface area contributed by atoms with Crippen LogP contribution in [0.1, 0.15) is 5.56 Å². The van der Waals surface area contributed by atoms with Crippen molar-refractivity contribution in [2.75, 3.05) is 5.43 Å². The molecule has 2 amide bonds. The van der Waals surface area contributed by atoms with Gasteiger partial charge in [0.1, 0.15) is 10.1 Å². The summed E-state index contributed by atoms with van der Waals surface area (Å²) in [5.41, 5.74) is 1.21. The number of nitrogens with zero attached hydrogens (tertiary/aromatic N) is 1. The minimum atomic E-state index is -4.54. The highest BCUT2D eigenvalue weighted by atomic mass is 35.5. The number of anilines is 1. The van der Waals surface area contributed by atoms with Crippen LogP contribution in [-0.2, 0) is 15.8 Å². The third-order valence-corrected chi connectivity index (χ3v) is 3.20. The number of halogens is 5. The molecule has 0 saturated carbocycles. The maximum absolute atomic E-state index is 12.5. The zero-order chi connectivity index (χ0) is 15.1. The van der Waals surface area contributed by atoms with Crippen LogP contribution >= 0.6 is 23.2 Å². The summed E-state index contributed by atoms with van der Waals surface area (Å²) in [6.45, 7) is 0. The number of hydrazine groups is 1. The number of carbonyl (C=O) groups excluding carboxylic acids is 2. The van der Waals surface area contributed by atoms with Gasteiger partial charge in [0.05, 0.1) is 11.3 Å². The Balaban J connectivity index is 2.25. The molecule has 1 aromatic carbocycles. The van der Waals surface area contributed by atoms with Gasteiger partial charge in [0, 0.05) is 0 Å². The normalized spacial score (nSPS) is 16.1. The molecule has 0 radical (unpaired) electrons. The van der Waals surface area contributed by atoms with Crippen molar-refractivity contribution in [3.63, 3.8) is 0 Å². The Morgan fingerprint density at radius 1 is 1.05 bits per heavy atom. The van der Waals surface area contributed by atoms with E-state index in [-0.39, 0.29) is 5.69 Å². The van der Waals surface area contributed by atoms with Gasteiger partial charge in [0.25, 0.3) is 11.8 Å². The molecule has 20 heavy (non-hydrogen) atoms. The van der Waals surface area contributed by atoms with E-state index in [0.717, 1.165) is 18.2 Å². The average molecular weight is 325 g/mol. The van der Waals surface area contributed by atoms with Gasteiger partial charge in [-0.15, -0.1) is 0 Å². The van der Waals surface area contributed by atoms with Gasteiger partial charge in [-0.3, -0.25) is 15.0 Å². The van der Waals surface area contributed by atoms with Gasteiger partial charge in [0.2, 0.25) is 0 Å². The predicted molar refractivity (Wildman–Crippen MR) is 65.7 cm³/mol. The van der Waals surface area contributed by atoms with Crippen LogP contribution in [0.2, 0.25) is 0 Å². The fourth-order valence-electron chi connectivity index (χ4n) is 1.47. The summed E-state index contributed by atoms with van der Waals surface area (Å²) in [5.74, 6) is -1.86. The molecule has 9 heteroatoms. The summed E-state index contributed by atoms with van der Waals surface area (Å²) in [6, 6.07) is 4.00. The van der Waals surface area contributed by atoms with E-state index in [4.69, 9.17) is 23.2 Å². The van der Waals surface area contributed by atoms with E-state index in [0.29, 0.717) is 5.01 Å². The predicted octanol–water partition coefficient (Wildman–Crippen LogP) is 3.09. The smallest absolute Gasteiger partial charge is 0.288 e. The summed E-state index contributed by atoms with van der Waals surface area (Å²) in [4.78, 5) is 23.1. The molecule has 0 aromatic heterocycles. The van der Waals surface area contributed by atoms with Gasteiger partial charge in [-0.05, 0) is 18.2 Å². The van der Waals surface area contributed by atoms with Gasteiger partial charge in [-0.25, -0.2) is 0 Å². The van der Waals surface area contributed by atoms with Crippen molar-refractivity contribution in [1.29, 1.82) is 0 Å². The van der Waals surface area contributed by atoms with E-state index >= 15 is 0 Å². The second-order valence-electron chi connectivity index (χ2n) is 3.76. The molecule has 1 heterocycles. The second kappa shape index (κ2) is 4.99. The van der Waals surface area contributed by atoms with Gasteiger partial charge >= 0.3 is 6.18 Å². The highest BCUT2D eigenvalue weighted by Crippen LogP contribution is 2.32. The van der Waals surface area contributed by atoms with Crippen LogP contribution in [0.25, 0.3) is 0 Å². The number of amides is 2. The Hall–Kier alpha value is -1.73. The first-order valence-electron chi connectivity index (χ1n) is 5.10. The van der Waals surface area contributed by atoms with E-state index in [1.165, 1.54) is 6.07 Å². The molecule has 0 unspecified atom stereocenters. The molecule has 0 bridgehead atoms. The largest absolute Gasteiger partial charge is 0.416 e. The standard InChI is InChI=1S/C11H5Cl2F3N2O2/c12-7-8(13)10(20)18(9(7)19)17-6-3-1-2-5(4-6)11(14,15)16/h1-4,17H. The van der Waals surface area contributed by atoms with Crippen molar-refractivity contribution in [1.82, 2.24) is 5.01 Å². The number of hydrogen-bond acceptors (Lipinski definition) is 3. The van der Waals surface area contributed by atoms with Crippen molar-refractivity contribution in [2.45, 2.75) is 6.18 Å². The molecular weight excluding hydrogens is 320 g/mol. The van der Waals surface area contributed by atoms with Crippen molar-refractivity contribution in [3.05, 3.63) is 39.9 Å². The SMILES string of the molecule is O=C1C(Cl)=C(Cl)C(=O)N1Nc1cccc(C(F)(F)F)c1. The molecule has 1 aliphatic rings. The van der Waals surface area contributed by atoms with Gasteiger partial charge in [-0.2, -0.15) is 18.2 Å². The lowest BCUT2D eigenvalue weighted by Gasteiger charge is -2.17. The lowest BCUT2D eigenvalue weighted by atomic mass is 10.2. The molecule has 0 spiro atoms. The minimum absolute atomic E-state index is 0.0997. The first-order chi connectivity index (χ1) is 9.21. The number of imide groups is 1. The molecule has 1 aromatic rings. The van der Waals surface area contributed by atoms with Gasteiger partial charge in [-0.1, -0.05) is 29.3 Å². The fraction of sp³-hybridized carbons (Fsp3) is 0.0909. The van der Waals surface area contributed by atoms with Crippen LogP contribution in [0.5, 0.6) is 0 Å². The average Bonchev–Trinajstić information content (AvgIpc) is 2.56. The number of hydrogen-bond donors (Lipinski definition) is 1. The van der Waals surface area contributed by atoms with Crippen LogP contribution < -0.4 is 5.43 Å². The minimum Gasteiger partial charge on any atom is -0.288 e. The molecule has 0 fully saturated rings. The third kappa shape index (κ3) is 2.59. The van der Waals surface area contributed by atoms with E-state index in [1.54, 1.807) is 0 Å². The van der Waals surface area contributed by atoms with Crippen molar-refractivity contribution >= 4 is 40.7 Å². The van der Waals surface area contributed by atoms with Crippen molar-refractivity contribution in [3.8, 4) is 0 Å². The fourth-order valence-corrected chi connectivity index (χ4v) is 1.80. The summed E-state index contributed by atoms with van der Waals surface area (Å²) in [5, 5.41) is -0.535. The Morgan fingerprint density at radius 2 is 1.60 bits per heavy atom.